The van der Waals surface area contributed by atoms with Gasteiger partial charge in [0.2, 0.25) is 0 Å². The largest absolute Gasteiger partial charge is 0.326 e. The SMILES string of the molecule is CC1(C)CN(Cc2ccccc2CN)CCS1. The highest BCUT2D eigenvalue weighted by atomic mass is 32.2. The van der Waals surface area contributed by atoms with Gasteiger partial charge in [0.15, 0.2) is 0 Å². The summed E-state index contributed by atoms with van der Waals surface area (Å²) in [5.74, 6) is 1.23. The van der Waals surface area contributed by atoms with E-state index in [0.29, 0.717) is 11.3 Å². The molecule has 1 heterocycles. The lowest BCUT2D eigenvalue weighted by molar-refractivity contribution is 0.252. The van der Waals surface area contributed by atoms with Gasteiger partial charge in [0.1, 0.15) is 0 Å². The molecule has 1 aromatic rings. The van der Waals surface area contributed by atoms with Crippen LogP contribution in [0.25, 0.3) is 0 Å². The second-order valence-electron chi connectivity index (χ2n) is 5.29. The van der Waals surface area contributed by atoms with E-state index in [4.69, 9.17) is 5.73 Å². The Balaban J connectivity index is 2.05. The first-order valence-corrected chi connectivity index (χ1v) is 7.22. The number of nitrogens with zero attached hydrogens (tertiary/aromatic N) is 1. The van der Waals surface area contributed by atoms with Crippen molar-refractivity contribution in [1.29, 1.82) is 0 Å². The summed E-state index contributed by atoms with van der Waals surface area (Å²) in [6.45, 7) is 8.69. The number of benzene rings is 1. The van der Waals surface area contributed by atoms with Crippen LogP contribution in [0.5, 0.6) is 0 Å². The van der Waals surface area contributed by atoms with E-state index in [9.17, 15) is 0 Å². The lowest BCUT2D eigenvalue weighted by Crippen LogP contribution is -2.42. The Hall–Kier alpha value is -0.510. The van der Waals surface area contributed by atoms with Crippen molar-refractivity contribution in [3.05, 3.63) is 35.4 Å². The van der Waals surface area contributed by atoms with Crippen LogP contribution in [0.15, 0.2) is 24.3 Å². The van der Waals surface area contributed by atoms with Gasteiger partial charge in [-0.1, -0.05) is 24.3 Å². The monoisotopic (exact) mass is 250 g/mol. The van der Waals surface area contributed by atoms with Crippen molar-refractivity contribution in [2.24, 2.45) is 5.73 Å². The molecular formula is C14H22N2S. The standard InChI is InChI=1S/C14H22N2S/c1-14(2)11-16(7-8-17-14)10-13-6-4-3-5-12(13)9-15/h3-6H,7-11,15H2,1-2H3. The van der Waals surface area contributed by atoms with Crippen LogP contribution in [0.1, 0.15) is 25.0 Å². The van der Waals surface area contributed by atoms with Crippen molar-refractivity contribution in [3.8, 4) is 0 Å². The average Bonchev–Trinajstić information content (AvgIpc) is 2.28. The molecule has 0 bridgehead atoms. The number of thioether (sulfide) groups is 1. The van der Waals surface area contributed by atoms with E-state index in [1.54, 1.807) is 0 Å². The van der Waals surface area contributed by atoms with E-state index in [2.05, 4.69) is 54.8 Å². The van der Waals surface area contributed by atoms with Crippen LogP contribution in [0.4, 0.5) is 0 Å². The van der Waals surface area contributed by atoms with E-state index < -0.39 is 0 Å². The van der Waals surface area contributed by atoms with Gasteiger partial charge in [-0.3, -0.25) is 4.90 Å². The third-order valence-electron chi connectivity index (χ3n) is 3.24. The molecular weight excluding hydrogens is 228 g/mol. The fraction of sp³-hybridized carbons (Fsp3) is 0.571. The van der Waals surface area contributed by atoms with Crippen LogP contribution in [0, 0.1) is 0 Å². The summed E-state index contributed by atoms with van der Waals surface area (Å²) in [6, 6.07) is 8.52. The van der Waals surface area contributed by atoms with Crippen LogP contribution in [0.3, 0.4) is 0 Å². The van der Waals surface area contributed by atoms with Crippen molar-refractivity contribution in [2.75, 3.05) is 18.8 Å². The molecule has 1 aliphatic heterocycles. The molecule has 0 atom stereocenters. The Labute approximate surface area is 109 Å². The van der Waals surface area contributed by atoms with Gasteiger partial charge in [0.25, 0.3) is 0 Å². The fourth-order valence-corrected chi connectivity index (χ4v) is 3.58. The summed E-state index contributed by atoms with van der Waals surface area (Å²) in [4.78, 5) is 2.55. The summed E-state index contributed by atoms with van der Waals surface area (Å²) in [5, 5.41) is 0. The molecule has 0 radical (unpaired) electrons. The van der Waals surface area contributed by atoms with Crippen LogP contribution in [0.2, 0.25) is 0 Å². The fourth-order valence-electron chi connectivity index (χ4n) is 2.40. The molecule has 1 aliphatic rings. The predicted octanol–water partition coefficient (Wildman–Crippen LogP) is 2.47. The van der Waals surface area contributed by atoms with Crippen molar-refractivity contribution >= 4 is 11.8 Å². The first-order valence-electron chi connectivity index (χ1n) is 6.24. The summed E-state index contributed by atoms with van der Waals surface area (Å²) in [5.41, 5.74) is 8.45. The second-order valence-corrected chi connectivity index (χ2v) is 7.09. The quantitative estimate of drug-likeness (QED) is 0.893. The number of nitrogens with two attached hydrogens (primary N) is 1. The summed E-state index contributed by atoms with van der Waals surface area (Å²) in [7, 11) is 0. The predicted molar refractivity (Wildman–Crippen MR) is 76.1 cm³/mol. The Morgan fingerprint density at radius 3 is 2.65 bits per heavy atom. The van der Waals surface area contributed by atoms with Gasteiger partial charge in [-0.25, -0.2) is 0 Å². The topological polar surface area (TPSA) is 29.3 Å². The maximum Gasteiger partial charge on any atom is 0.0237 e. The van der Waals surface area contributed by atoms with Gasteiger partial charge < -0.3 is 5.73 Å². The van der Waals surface area contributed by atoms with E-state index in [-0.39, 0.29) is 0 Å². The molecule has 3 heteroatoms. The van der Waals surface area contributed by atoms with Gasteiger partial charge in [-0.15, -0.1) is 0 Å². The van der Waals surface area contributed by atoms with E-state index in [0.717, 1.165) is 13.1 Å². The minimum atomic E-state index is 0.385. The van der Waals surface area contributed by atoms with Crippen molar-refractivity contribution < 1.29 is 0 Å². The smallest absolute Gasteiger partial charge is 0.0237 e. The molecule has 2 nitrogen and oxygen atoms in total. The normalized spacial score (nSPS) is 20.4. The van der Waals surface area contributed by atoms with E-state index >= 15 is 0 Å². The van der Waals surface area contributed by atoms with Crippen molar-refractivity contribution in [2.45, 2.75) is 31.7 Å². The molecule has 94 valence electrons. The molecule has 1 fully saturated rings. The van der Waals surface area contributed by atoms with Crippen LogP contribution in [-0.2, 0) is 13.1 Å². The Morgan fingerprint density at radius 2 is 2.00 bits per heavy atom. The van der Waals surface area contributed by atoms with Gasteiger partial charge in [-0.2, -0.15) is 11.8 Å². The summed E-state index contributed by atoms with van der Waals surface area (Å²) < 4.78 is 0.385. The summed E-state index contributed by atoms with van der Waals surface area (Å²) >= 11 is 2.08. The molecule has 1 aromatic carbocycles. The molecule has 1 saturated heterocycles. The highest BCUT2D eigenvalue weighted by Crippen LogP contribution is 2.30. The molecule has 2 rings (SSSR count). The molecule has 17 heavy (non-hydrogen) atoms. The maximum absolute atomic E-state index is 5.79. The Morgan fingerprint density at radius 1 is 1.29 bits per heavy atom. The zero-order valence-electron chi connectivity index (χ0n) is 10.8. The highest BCUT2D eigenvalue weighted by molar-refractivity contribution is 8.00. The second kappa shape index (κ2) is 5.42. The average molecular weight is 250 g/mol. The maximum atomic E-state index is 5.79. The van der Waals surface area contributed by atoms with Crippen LogP contribution < -0.4 is 5.73 Å². The van der Waals surface area contributed by atoms with Crippen molar-refractivity contribution in [3.63, 3.8) is 0 Å². The third-order valence-corrected chi connectivity index (χ3v) is 4.53. The summed E-state index contributed by atoms with van der Waals surface area (Å²) in [6.07, 6.45) is 0. The van der Waals surface area contributed by atoms with Crippen molar-refractivity contribution in [1.82, 2.24) is 4.90 Å². The zero-order chi connectivity index (χ0) is 12.3. The Bertz CT molecular complexity index is 376. The van der Waals surface area contributed by atoms with E-state index in [1.165, 1.54) is 23.4 Å². The first-order chi connectivity index (χ1) is 8.11. The molecule has 0 saturated carbocycles. The molecule has 0 unspecified atom stereocenters. The molecule has 0 aliphatic carbocycles. The Kier molecular flexibility index (Phi) is 4.13. The van der Waals surface area contributed by atoms with E-state index in [1.807, 2.05) is 0 Å². The minimum absolute atomic E-state index is 0.385. The zero-order valence-corrected chi connectivity index (χ0v) is 11.6. The van der Waals surface area contributed by atoms with Gasteiger partial charge in [0.05, 0.1) is 0 Å². The molecule has 0 amide bonds. The number of rotatable bonds is 3. The van der Waals surface area contributed by atoms with Crippen LogP contribution in [-0.4, -0.2) is 28.5 Å². The molecule has 2 N–H and O–H groups in total. The lowest BCUT2D eigenvalue weighted by Gasteiger charge is -2.37. The number of hydrogen-bond acceptors (Lipinski definition) is 3. The third kappa shape index (κ3) is 3.47. The molecule has 0 aromatic heterocycles. The first kappa shape index (κ1) is 12.9. The van der Waals surface area contributed by atoms with Gasteiger partial charge in [-0.05, 0) is 25.0 Å². The lowest BCUT2D eigenvalue weighted by atomic mass is 10.1. The highest BCUT2D eigenvalue weighted by Gasteiger charge is 2.26. The molecule has 0 spiro atoms. The van der Waals surface area contributed by atoms with Gasteiger partial charge >= 0.3 is 0 Å². The number of hydrogen-bond donors (Lipinski definition) is 1. The van der Waals surface area contributed by atoms with Crippen LogP contribution >= 0.6 is 11.8 Å². The van der Waals surface area contributed by atoms with Gasteiger partial charge in [0, 0.05) is 36.7 Å². The minimum Gasteiger partial charge on any atom is -0.326 e.